The molecule has 7 atom stereocenters. The number of hydrogen-bond acceptors (Lipinski definition) is 10. The van der Waals surface area contributed by atoms with Gasteiger partial charge in [-0.05, 0) is 86.6 Å². The predicted molar refractivity (Wildman–Crippen MR) is 251 cm³/mol. The predicted octanol–water partition coefficient (Wildman–Crippen LogP) is 11.6. The lowest BCUT2D eigenvalue weighted by molar-refractivity contribution is -0.254. The fourth-order valence-corrected chi connectivity index (χ4v) is 10.5. The minimum Gasteiger partial charge on any atom is -0.489 e. The van der Waals surface area contributed by atoms with E-state index in [9.17, 15) is 19.4 Å². The molecule has 12 heteroatoms. The van der Waals surface area contributed by atoms with Gasteiger partial charge < -0.3 is 43.6 Å². The quantitative estimate of drug-likeness (QED) is 0.0487. The van der Waals surface area contributed by atoms with Gasteiger partial charge in [-0.1, -0.05) is 113 Å². The maximum absolute atomic E-state index is 14.8. The molecular weight excluding hydrogens is 828 g/mol. The topological polar surface area (TPSA) is 129 Å². The Morgan fingerprint density at radius 1 is 0.954 bits per heavy atom. The summed E-state index contributed by atoms with van der Waals surface area (Å²) in [5.74, 6) is -1.14. The fraction of sp³-hybridized carbons (Fsp3) is 0.660. The second-order valence-electron chi connectivity index (χ2n) is 18.5. The molecule has 1 amide bonds. The van der Waals surface area contributed by atoms with Gasteiger partial charge in [0, 0.05) is 50.1 Å². The van der Waals surface area contributed by atoms with E-state index in [-0.39, 0.29) is 56.4 Å². The number of rotatable bonds is 28. The molecule has 2 heterocycles. The number of carbonyl (C=O) groups excluding carboxylic acids is 1. The second kappa shape index (κ2) is 26.4. The largest absolute Gasteiger partial charge is 0.489 e. The van der Waals surface area contributed by atoms with Crippen molar-refractivity contribution in [2.24, 2.45) is 22.9 Å². The molecule has 11 nitrogen and oxygen atoms in total. The first-order chi connectivity index (χ1) is 31.8. The number of aliphatic hydroxyl groups excluding tert-OH is 2. The van der Waals surface area contributed by atoms with Crippen LogP contribution in [0.2, 0.25) is 0 Å². The number of ether oxygens (including phenoxy) is 5. The van der Waals surface area contributed by atoms with E-state index in [1.165, 1.54) is 51.0 Å². The fourth-order valence-electron chi connectivity index (χ4n) is 10.5. The standard InChI is InChI=1S/C53H77FN2O9/c1-4-6-7-8-9-10-11-12-13-21-34-61-52(59)56(3)48-37-46(55-65-49-27-18-22-33-60-49)43-35-39(23-16-19-30-57)42(25-17-20-31-58)50-44-36-41(62-38-40-24-14-15-26-45(40)54)28-29-47(44)64-53(48,51(43)50)63-32-5-2/h5,14-15,24,26,28-29,35-36,39,42,48-51,57-58H,2,4,6-13,16-23,25,27,30-34,37-38H2,1,3H3/t39-,42+,48-,49?,50+,51+,53+/m0/s1. The number of halogens is 1. The number of oxime groups is 1. The third-order valence-corrected chi connectivity index (χ3v) is 13.9. The number of carbonyl (C=O) groups is 1. The number of aliphatic hydroxyl groups is 2. The minimum absolute atomic E-state index is 0.0429. The monoisotopic (exact) mass is 905 g/mol. The summed E-state index contributed by atoms with van der Waals surface area (Å²) in [6.07, 6.45) is 22.4. The van der Waals surface area contributed by atoms with Gasteiger partial charge >= 0.3 is 6.09 Å². The van der Waals surface area contributed by atoms with Gasteiger partial charge in [-0.2, -0.15) is 0 Å². The molecule has 0 bridgehead atoms. The molecule has 2 aromatic rings. The van der Waals surface area contributed by atoms with Crippen LogP contribution in [0.4, 0.5) is 9.18 Å². The summed E-state index contributed by atoms with van der Waals surface area (Å²) in [5, 5.41) is 24.8. The van der Waals surface area contributed by atoms with Gasteiger partial charge in [-0.25, -0.2) is 9.18 Å². The summed E-state index contributed by atoms with van der Waals surface area (Å²) in [7, 11) is 1.76. The van der Waals surface area contributed by atoms with E-state index in [1.807, 2.05) is 18.2 Å². The first kappa shape index (κ1) is 50.4. The maximum Gasteiger partial charge on any atom is 0.409 e. The van der Waals surface area contributed by atoms with E-state index in [2.05, 4.69) is 19.6 Å². The van der Waals surface area contributed by atoms with E-state index in [1.54, 1.807) is 36.2 Å². The van der Waals surface area contributed by atoms with Crippen molar-refractivity contribution < 1.29 is 47.9 Å². The molecule has 1 saturated heterocycles. The maximum atomic E-state index is 14.8. The van der Waals surface area contributed by atoms with Crippen molar-refractivity contribution in [3.05, 3.63) is 83.7 Å². The molecular formula is C53H77FN2O9. The van der Waals surface area contributed by atoms with Crippen molar-refractivity contribution in [2.75, 3.05) is 40.1 Å². The highest BCUT2D eigenvalue weighted by Crippen LogP contribution is 2.62. The van der Waals surface area contributed by atoms with Gasteiger partial charge in [-0.15, -0.1) is 6.58 Å². The molecule has 6 rings (SSSR count). The van der Waals surface area contributed by atoms with Gasteiger partial charge in [0.2, 0.25) is 12.1 Å². The Bertz CT molecular complexity index is 1830. The van der Waals surface area contributed by atoms with Crippen LogP contribution in [0.1, 0.15) is 152 Å². The number of hydrogen-bond donors (Lipinski definition) is 2. The molecule has 360 valence electrons. The van der Waals surface area contributed by atoms with E-state index in [0.717, 1.165) is 75.3 Å². The van der Waals surface area contributed by atoms with Gasteiger partial charge in [0.1, 0.15) is 30.0 Å². The first-order valence-electron chi connectivity index (χ1n) is 25.0. The third kappa shape index (κ3) is 13.4. The van der Waals surface area contributed by atoms with Crippen LogP contribution in [0.3, 0.4) is 0 Å². The summed E-state index contributed by atoms with van der Waals surface area (Å²) in [5.41, 5.74) is 3.02. The smallest absolute Gasteiger partial charge is 0.409 e. The second-order valence-corrected chi connectivity index (χ2v) is 18.5. The highest BCUT2D eigenvalue weighted by atomic mass is 19.1. The molecule has 1 unspecified atom stereocenters. The molecule has 2 aliphatic carbocycles. The number of unbranched alkanes of at least 4 members (excludes halogenated alkanes) is 11. The highest BCUT2D eigenvalue weighted by Gasteiger charge is 2.65. The zero-order valence-electron chi connectivity index (χ0n) is 39.3. The van der Waals surface area contributed by atoms with Crippen molar-refractivity contribution in [3.8, 4) is 11.5 Å². The number of likely N-dealkylation sites (N-methyl/N-ethyl adjacent to an activating group) is 1. The number of benzene rings is 2. The molecule has 2 aliphatic heterocycles. The first-order valence-corrected chi connectivity index (χ1v) is 25.0. The van der Waals surface area contributed by atoms with Crippen LogP contribution in [-0.4, -0.2) is 85.1 Å². The van der Waals surface area contributed by atoms with E-state index in [0.29, 0.717) is 48.8 Å². The summed E-state index contributed by atoms with van der Waals surface area (Å²) >= 11 is 0. The minimum atomic E-state index is -1.40. The van der Waals surface area contributed by atoms with Crippen LogP contribution in [0, 0.1) is 23.6 Å². The van der Waals surface area contributed by atoms with Crippen molar-refractivity contribution in [2.45, 2.75) is 166 Å². The SMILES string of the molecule is C=CCO[C@@]12Oc3ccc(OCc4ccccc4F)cc3[C@H]3[C@H](CCCCO)[C@@H](CCCCO)C=C(C(=NOC4CCCCO4)C[C@@H]1N(C)C(=O)OCCCCCCCCCCCC)[C@H]32. The molecule has 0 spiro atoms. The lowest BCUT2D eigenvalue weighted by Gasteiger charge is -2.59. The Hall–Kier alpha value is -3.97. The average Bonchev–Trinajstić information content (AvgIpc) is 3.32. The molecule has 0 aromatic heterocycles. The van der Waals surface area contributed by atoms with Crippen molar-refractivity contribution in [1.29, 1.82) is 0 Å². The van der Waals surface area contributed by atoms with Crippen LogP contribution in [0.15, 0.2) is 71.9 Å². The normalized spacial score (nSPS) is 25.2. The summed E-state index contributed by atoms with van der Waals surface area (Å²) in [6.45, 7) is 7.58. The van der Waals surface area contributed by atoms with E-state index < -0.39 is 30.1 Å². The molecule has 2 fully saturated rings. The van der Waals surface area contributed by atoms with E-state index in [4.69, 9.17) is 33.7 Å². The van der Waals surface area contributed by atoms with Crippen molar-refractivity contribution in [1.82, 2.24) is 4.90 Å². The van der Waals surface area contributed by atoms with Gasteiger partial charge in [0.25, 0.3) is 0 Å². The van der Waals surface area contributed by atoms with Crippen LogP contribution in [0.5, 0.6) is 11.5 Å². The van der Waals surface area contributed by atoms with Crippen molar-refractivity contribution >= 4 is 11.8 Å². The van der Waals surface area contributed by atoms with Gasteiger partial charge in [0.05, 0.1) is 31.5 Å². The summed E-state index contributed by atoms with van der Waals surface area (Å²) in [6, 6.07) is 11.7. The zero-order chi connectivity index (χ0) is 45.9. The van der Waals surface area contributed by atoms with Gasteiger partial charge in [0.15, 0.2) is 0 Å². The molecule has 4 aliphatic rings. The summed E-state index contributed by atoms with van der Waals surface area (Å²) in [4.78, 5) is 22.1. The molecule has 1 saturated carbocycles. The molecule has 65 heavy (non-hydrogen) atoms. The van der Waals surface area contributed by atoms with Crippen LogP contribution >= 0.6 is 0 Å². The lowest BCUT2D eigenvalue weighted by Crippen LogP contribution is -2.69. The third-order valence-electron chi connectivity index (χ3n) is 13.9. The van der Waals surface area contributed by atoms with Crippen LogP contribution in [-0.2, 0) is 25.7 Å². The molecule has 2 N–H and O–H groups in total. The summed E-state index contributed by atoms with van der Waals surface area (Å²) < 4.78 is 47.4. The average molecular weight is 905 g/mol. The molecule has 0 radical (unpaired) electrons. The number of amides is 1. The Balaban J connectivity index is 1.37. The Morgan fingerprint density at radius 3 is 2.40 bits per heavy atom. The van der Waals surface area contributed by atoms with E-state index >= 15 is 0 Å². The zero-order valence-corrected chi connectivity index (χ0v) is 39.3. The lowest BCUT2D eigenvalue weighted by atomic mass is 9.55. The van der Waals surface area contributed by atoms with Crippen LogP contribution < -0.4 is 9.47 Å². The van der Waals surface area contributed by atoms with Gasteiger partial charge in [-0.3, -0.25) is 0 Å². The Kier molecular flexibility index (Phi) is 20.5. The Labute approximate surface area is 387 Å². The van der Waals surface area contributed by atoms with Crippen LogP contribution in [0.25, 0.3) is 0 Å². The highest BCUT2D eigenvalue weighted by molar-refractivity contribution is 6.02. The number of allylic oxidation sites excluding steroid dienone is 1. The molecule has 2 aromatic carbocycles. The Morgan fingerprint density at radius 2 is 1.69 bits per heavy atom. The number of fused-ring (bicyclic) bond motifs is 2. The van der Waals surface area contributed by atoms with Crippen molar-refractivity contribution in [3.63, 3.8) is 0 Å². The number of nitrogens with zero attached hydrogens (tertiary/aromatic N) is 2.